The lowest BCUT2D eigenvalue weighted by Gasteiger charge is -1.99. The number of ketones is 1. The lowest BCUT2D eigenvalue weighted by atomic mass is 10.1. The maximum absolute atomic E-state index is 10.7. The molecule has 0 aromatic carbocycles. The fraction of sp³-hybridized carbons (Fsp3) is 0.300. The Morgan fingerprint density at radius 3 is 2.71 bits per heavy atom. The highest BCUT2D eigenvalue weighted by Gasteiger charge is 2.05. The molecule has 1 aromatic heterocycles. The predicted octanol–water partition coefficient (Wildman–Crippen LogP) is 1.30. The minimum Gasteiger partial charge on any atom is -0.477 e. The van der Waals surface area contributed by atoms with Crippen LogP contribution in [0, 0.1) is 0 Å². The molecular formula is C10H11NO3. The Labute approximate surface area is 81.6 Å². The first-order valence-corrected chi connectivity index (χ1v) is 4.28. The van der Waals surface area contributed by atoms with E-state index in [0.29, 0.717) is 18.5 Å². The zero-order valence-corrected chi connectivity index (χ0v) is 7.86. The van der Waals surface area contributed by atoms with Crippen molar-refractivity contribution < 1.29 is 14.7 Å². The van der Waals surface area contributed by atoms with Crippen LogP contribution < -0.4 is 0 Å². The summed E-state index contributed by atoms with van der Waals surface area (Å²) in [5.41, 5.74) is 0.658. The number of carbonyl (C=O) groups excluding carboxylic acids is 1. The van der Waals surface area contributed by atoms with E-state index in [0.717, 1.165) is 0 Å². The van der Waals surface area contributed by atoms with Gasteiger partial charge in [-0.3, -0.25) is 0 Å². The van der Waals surface area contributed by atoms with Crippen molar-refractivity contribution in [2.24, 2.45) is 0 Å². The summed E-state index contributed by atoms with van der Waals surface area (Å²) in [7, 11) is 0. The number of pyridine rings is 1. The first-order chi connectivity index (χ1) is 6.59. The van der Waals surface area contributed by atoms with E-state index in [-0.39, 0.29) is 11.5 Å². The molecule has 0 saturated carbocycles. The topological polar surface area (TPSA) is 67.3 Å². The van der Waals surface area contributed by atoms with Gasteiger partial charge in [-0.1, -0.05) is 6.07 Å². The quantitative estimate of drug-likeness (QED) is 0.782. The van der Waals surface area contributed by atoms with Gasteiger partial charge in [-0.05, 0) is 25.5 Å². The number of aromatic carboxylic acids is 1. The summed E-state index contributed by atoms with van der Waals surface area (Å²) in [6, 6.07) is 4.78. The van der Waals surface area contributed by atoms with Crippen molar-refractivity contribution in [1.29, 1.82) is 0 Å². The number of aromatic nitrogens is 1. The molecule has 0 aliphatic carbocycles. The molecule has 0 aliphatic heterocycles. The molecule has 0 saturated heterocycles. The molecule has 0 amide bonds. The van der Waals surface area contributed by atoms with E-state index in [4.69, 9.17) is 5.11 Å². The van der Waals surface area contributed by atoms with Gasteiger partial charge in [-0.2, -0.15) is 0 Å². The van der Waals surface area contributed by atoms with Crippen LogP contribution >= 0.6 is 0 Å². The zero-order valence-electron chi connectivity index (χ0n) is 7.86. The van der Waals surface area contributed by atoms with Gasteiger partial charge < -0.3 is 9.90 Å². The molecule has 0 bridgehead atoms. The molecule has 1 rings (SSSR count). The molecule has 0 radical (unpaired) electrons. The molecule has 1 N–H and O–H groups in total. The van der Waals surface area contributed by atoms with E-state index < -0.39 is 5.97 Å². The highest BCUT2D eigenvalue weighted by atomic mass is 16.4. The molecule has 0 fully saturated rings. The summed E-state index contributed by atoms with van der Waals surface area (Å²) < 4.78 is 0. The number of nitrogens with zero attached hydrogens (tertiary/aromatic N) is 1. The largest absolute Gasteiger partial charge is 0.477 e. The van der Waals surface area contributed by atoms with Crippen molar-refractivity contribution in [3.63, 3.8) is 0 Å². The van der Waals surface area contributed by atoms with Crippen molar-refractivity contribution in [2.75, 3.05) is 0 Å². The van der Waals surface area contributed by atoms with Gasteiger partial charge in [0.05, 0.1) is 0 Å². The molecule has 1 heterocycles. The average Bonchev–Trinajstić information content (AvgIpc) is 2.15. The van der Waals surface area contributed by atoms with E-state index in [2.05, 4.69) is 4.98 Å². The Balaban J connectivity index is 2.73. The summed E-state index contributed by atoms with van der Waals surface area (Å²) in [5.74, 6) is -0.970. The summed E-state index contributed by atoms with van der Waals surface area (Å²) in [5, 5.41) is 8.66. The van der Waals surface area contributed by atoms with Crippen LogP contribution in [0.2, 0.25) is 0 Å². The van der Waals surface area contributed by atoms with Crippen LogP contribution in [0.4, 0.5) is 0 Å². The van der Waals surface area contributed by atoms with Crippen molar-refractivity contribution in [1.82, 2.24) is 4.98 Å². The number of aryl methyl sites for hydroxylation is 1. The van der Waals surface area contributed by atoms with Crippen molar-refractivity contribution in [2.45, 2.75) is 19.8 Å². The van der Waals surface area contributed by atoms with Gasteiger partial charge in [0.25, 0.3) is 0 Å². The normalized spacial score (nSPS) is 9.79. The minimum atomic E-state index is -1.05. The van der Waals surface area contributed by atoms with Crippen LogP contribution in [-0.4, -0.2) is 21.8 Å². The second kappa shape index (κ2) is 4.50. The number of rotatable bonds is 4. The second-order valence-corrected chi connectivity index (χ2v) is 3.02. The predicted molar refractivity (Wildman–Crippen MR) is 50.2 cm³/mol. The van der Waals surface area contributed by atoms with Crippen LogP contribution in [0.3, 0.4) is 0 Å². The SMILES string of the molecule is CC(=O)CCc1cccc(C(=O)O)n1. The minimum absolute atomic E-state index is 0.0195. The van der Waals surface area contributed by atoms with Crippen molar-refractivity contribution >= 4 is 11.8 Å². The highest BCUT2D eigenvalue weighted by Crippen LogP contribution is 2.02. The van der Waals surface area contributed by atoms with Crippen LogP contribution in [0.25, 0.3) is 0 Å². The fourth-order valence-corrected chi connectivity index (χ4v) is 1.04. The first kappa shape index (κ1) is 10.4. The van der Waals surface area contributed by atoms with Gasteiger partial charge in [0.2, 0.25) is 0 Å². The lowest BCUT2D eigenvalue weighted by Crippen LogP contribution is -2.03. The molecule has 0 spiro atoms. The van der Waals surface area contributed by atoms with Crippen LogP contribution in [0.15, 0.2) is 18.2 Å². The van der Waals surface area contributed by atoms with Crippen LogP contribution in [-0.2, 0) is 11.2 Å². The molecule has 0 unspecified atom stereocenters. The Bertz CT molecular complexity index is 360. The number of Topliss-reactive ketones (excluding diaryl/α,β-unsaturated/α-hetero) is 1. The molecular weight excluding hydrogens is 182 g/mol. The van der Waals surface area contributed by atoms with Crippen molar-refractivity contribution in [3.05, 3.63) is 29.6 Å². The lowest BCUT2D eigenvalue weighted by molar-refractivity contribution is -0.117. The molecule has 0 atom stereocenters. The molecule has 74 valence electrons. The number of hydrogen-bond donors (Lipinski definition) is 1. The fourth-order valence-electron chi connectivity index (χ4n) is 1.04. The smallest absolute Gasteiger partial charge is 0.354 e. The Morgan fingerprint density at radius 1 is 1.43 bits per heavy atom. The summed E-state index contributed by atoms with van der Waals surface area (Å²) in [6.45, 7) is 1.50. The molecule has 4 nitrogen and oxygen atoms in total. The Hall–Kier alpha value is -1.71. The summed E-state index contributed by atoms with van der Waals surface area (Å²) in [6.07, 6.45) is 0.895. The van der Waals surface area contributed by atoms with Crippen LogP contribution in [0.5, 0.6) is 0 Å². The van der Waals surface area contributed by atoms with Gasteiger partial charge in [-0.25, -0.2) is 9.78 Å². The van der Waals surface area contributed by atoms with Gasteiger partial charge in [-0.15, -0.1) is 0 Å². The van der Waals surface area contributed by atoms with E-state index in [1.807, 2.05) is 0 Å². The molecule has 4 heteroatoms. The summed E-state index contributed by atoms with van der Waals surface area (Å²) in [4.78, 5) is 25.1. The maximum atomic E-state index is 10.7. The third-order valence-corrected chi connectivity index (χ3v) is 1.76. The van der Waals surface area contributed by atoms with E-state index >= 15 is 0 Å². The van der Waals surface area contributed by atoms with Crippen LogP contribution in [0.1, 0.15) is 29.5 Å². The molecule has 14 heavy (non-hydrogen) atoms. The van der Waals surface area contributed by atoms with Gasteiger partial charge >= 0.3 is 5.97 Å². The van der Waals surface area contributed by atoms with Gasteiger partial charge in [0.1, 0.15) is 11.5 Å². The maximum Gasteiger partial charge on any atom is 0.354 e. The zero-order chi connectivity index (χ0) is 10.6. The number of carbonyl (C=O) groups is 2. The summed E-state index contributed by atoms with van der Waals surface area (Å²) >= 11 is 0. The van der Waals surface area contributed by atoms with Gasteiger partial charge in [0, 0.05) is 12.1 Å². The molecule has 1 aromatic rings. The Morgan fingerprint density at radius 2 is 2.14 bits per heavy atom. The number of carboxylic acid groups (broad SMARTS) is 1. The van der Waals surface area contributed by atoms with E-state index in [1.165, 1.54) is 13.0 Å². The third kappa shape index (κ3) is 2.97. The first-order valence-electron chi connectivity index (χ1n) is 4.28. The van der Waals surface area contributed by atoms with Gasteiger partial charge in [0.15, 0.2) is 0 Å². The molecule has 0 aliphatic rings. The third-order valence-electron chi connectivity index (χ3n) is 1.76. The number of carboxylic acids is 1. The van der Waals surface area contributed by atoms with E-state index in [9.17, 15) is 9.59 Å². The average molecular weight is 193 g/mol. The second-order valence-electron chi connectivity index (χ2n) is 3.02. The monoisotopic (exact) mass is 193 g/mol. The Kier molecular flexibility index (Phi) is 3.34. The number of hydrogen-bond acceptors (Lipinski definition) is 3. The van der Waals surface area contributed by atoms with E-state index in [1.54, 1.807) is 12.1 Å². The van der Waals surface area contributed by atoms with Crippen molar-refractivity contribution in [3.8, 4) is 0 Å². The highest BCUT2D eigenvalue weighted by molar-refractivity contribution is 5.85. The standard InChI is InChI=1S/C10H11NO3/c1-7(12)5-6-8-3-2-4-9(11-8)10(13)14/h2-4H,5-6H2,1H3,(H,13,14).